The SMILES string of the molecule is CCC(C)(C)CNc1nc(OC)ccc1[N+](=O)[O-]. The number of hydrogen-bond donors (Lipinski definition) is 1. The van der Waals surface area contributed by atoms with Gasteiger partial charge in [-0.1, -0.05) is 20.8 Å². The number of pyridine rings is 1. The first kappa shape index (κ1) is 14.2. The van der Waals surface area contributed by atoms with Crippen molar-refractivity contribution in [2.45, 2.75) is 27.2 Å². The number of ether oxygens (including phenoxy) is 1. The molecule has 0 amide bonds. The summed E-state index contributed by atoms with van der Waals surface area (Å²) in [6, 6.07) is 2.88. The van der Waals surface area contributed by atoms with Gasteiger partial charge in [0.15, 0.2) is 0 Å². The van der Waals surface area contributed by atoms with Crippen LogP contribution in [-0.4, -0.2) is 23.6 Å². The van der Waals surface area contributed by atoms with Crippen molar-refractivity contribution in [1.29, 1.82) is 0 Å². The van der Waals surface area contributed by atoms with Crippen LogP contribution in [0, 0.1) is 15.5 Å². The summed E-state index contributed by atoms with van der Waals surface area (Å²) in [6.45, 7) is 6.87. The van der Waals surface area contributed by atoms with Crippen molar-refractivity contribution in [2.75, 3.05) is 19.0 Å². The van der Waals surface area contributed by atoms with E-state index >= 15 is 0 Å². The van der Waals surface area contributed by atoms with Crippen LogP contribution in [-0.2, 0) is 0 Å². The molecule has 0 aliphatic rings. The molecule has 0 aliphatic heterocycles. The van der Waals surface area contributed by atoms with Gasteiger partial charge in [0.05, 0.1) is 12.0 Å². The second kappa shape index (κ2) is 5.66. The van der Waals surface area contributed by atoms with E-state index in [-0.39, 0.29) is 16.9 Å². The number of hydrogen-bond acceptors (Lipinski definition) is 5. The molecule has 0 bridgehead atoms. The lowest BCUT2D eigenvalue weighted by atomic mass is 9.90. The Hall–Kier alpha value is -1.85. The van der Waals surface area contributed by atoms with Crippen LogP contribution in [0.1, 0.15) is 27.2 Å². The number of methoxy groups -OCH3 is 1. The zero-order valence-corrected chi connectivity index (χ0v) is 11.2. The molecule has 0 atom stereocenters. The molecule has 1 aromatic heterocycles. The van der Waals surface area contributed by atoms with Crippen LogP contribution in [0.15, 0.2) is 12.1 Å². The molecule has 1 N–H and O–H groups in total. The Morgan fingerprint density at radius 3 is 2.67 bits per heavy atom. The van der Waals surface area contributed by atoms with Gasteiger partial charge in [-0.15, -0.1) is 0 Å². The van der Waals surface area contributed by atoms with Crippen molar-refractivity contribution in [3.05, 3.63) is 22.2 Å². The van der Waals surface area contributed by atoms with E-state index < -0.39 is 4.92 Å². The van der Waals surface area contributed by atoms with Gasteiger partial charge in [0, 0.05) is 18.7 Å². The molecule has 0 saturated carbocycles. The van der Waals surface area contributed by atoms with Gasteiger partial charge in [0.25, 0.3) is 0 Å². The molecule has 0 spiro atoms. The number of nitrogens with zero attached hydrogens (tertiary/aromatic N) is 2. The number of anilines is 1. The van der Waals surface area contributed by atoms with E-state index in [1.807, 2.05) is 0 Å². The molecule has 0 fully saturated rings. The van der Waals surface area contributed by atoms with Crippen LogP contribution in [0.25, 0.3) is 0 Å². The van der Waals surface area contributed by atoms with Crippen LogP contribution in [0.3, 0.4) is 0 Å². The predicted molar refractivity (Wildman–Crippen MR) is 70.0 cm³/mol. The largest absolute Gasteiger partial charge is 0.481 e. The summed E-state index contributed by atoms with van der Waals surface area (Å²) in [4.78, 5) is 14.5. The van der Waals surface area contributed by atoms with Crippen molar-refractivity contribution < 1.29 is 9.66 Å². The minimum absolute atomic E-state index is 0.0392. The molecule has 0 radical (unpaired) electrons. The summed E-state index contributed by atoms with van der Waals surface area (Å²) in [5.41, 5.74) is 0.0150. The Balaban J connectivity index is 2.94. The van der Waals surface area contributed by atoms with Crippen LogP contribution in [0.5, 0.6) is 5.88 Å². The second-order valence-corrected chi connectivity index (χ2v) is 4.85. The van der Waals surface area contributed by atoms with E-state index in [1.54, 1.807) is 0 Å². The predicted octanol–water partition coefficient (Wildman–Crippen LogP) is 2.85. The third-order valence-electron chi connectivity index (χ3n) is 2.95. The van der Waals surface area contributed by atoms with E-state index in [0.717, 1.165) is 6.42 Å². The Labute approximate surface area is 107 Å². The summed E-state index contributed by atoms with van der Waals surface area (Å²) < 4.78 is 4.97. The summed E-state index contributed by atoms with van der Waals surface area (Å²) >= 11 is 0. The van der Waals surface area contributed by atoms with E-state index in [0.29, 0.717) is 12.4 Å². The van der Waals surface area contributed by atoms with E-state index in [9.17, 15) is 10.1 Å². The third-order valence-corrected chi connectivity index (χ3v) is 2.95. The number of nitrogens with one attached hydrogen (secondary N) is 1. The Morgan fingerprint density at radius 1 is 1.50 bits per heavy atom. The summed E-state index contributed by atoms with van der Waals surface area (Å²) in [5, 5.41) is 13.9. The third kappa shape index (κ3) is 3.58. The lowest BCUT2D eigenvalue weighted by Gasteiger charge is -2.23. The number of rotatable bonds is 6. The van der Waals surface area contributed by atoms with Crippen LogP contribution >= 0.6 is 0 Å². The van der Waals surface area contributed by atoms with E-state index in [2.05, 4.69) is 31.1 Å². The topological polar surface area (TPSA) is 77.3 Å². The van der Waals surface area contributed by atoms with Crippen molar-refractivity contribution in [2.24, 2.45) is 5.41 Å². The highest BCUT2D eigenvalue weighted by atomic mass is 16.6. The van der Waals surface area contributed by atoms with Gasteiger partial charge in [0.2, 0.25) is 11.7 Å². The maximum atomic E-state index is 10.9. The molecule has 6 heteroatoms. The monoisotopic (exact) mass is 253 g/mol. The Morgan fingerprint density at radius 2 is 2.17 bits per heavy atom. The summed E-state index contributed by atoms with van der Waals surface area (Å²) in [6.07, 6.45) is 0.970. The van der Waals surface area contributed by atoms with Crippen LogP contribution in [0.4, 0.5) is 11.5 Å². The summed E-state index contributed by atoms with van der Waals surface area (Å²) in [5.74, 6) is 0.610. The average molecular weight is 253 g/mol. The highest BCUT2D eigenvalue weighted by Crippen LogP contribution is 2.27. The van der Waals surface area contributed by atoms with Crippen molar-refractivity contribution in [3.8, 4) is 5.88 Å². The standard InChI is InChI=1S/C12H19N3O3/c1-5-12(2,3)8-13-11-9(15(16)17)6-7-10(14-11)18-4/h6-7H,5,8H2,1-4H3,(H,13,14). The van der Waals surface area contributed by atoms with Gasteiger partial charge < -0.3 is 10.1 Å². The first-order chi connectivity index (χ1) is 8.39. The molecular formula is C12H19N3O3. The van der Waals surface area contributed by atoms with Crippen molar-refractivity contribution in [3.63, 3.8) is 0 Å². The maximum Gasteiger partial charge on any atom is 0.311 e. The number of nitro groups is 1. The van der Waals surface area contributed by atoms with Gasteiger partial charge in [-0.3, -0.25) is 10.1 Å². The summed E-state index contributed by atoms with van der Waals surface area (Å²) in [7, 11) is 1.48. The fourth-order valence-electron chi connectivity index (χ4n) is 1.27. The maximum absolute atomic E-state index is 10.9. The Kier molecular flexibility index (Phi) is 4.47. The minimum Gasteiger partial charge on any atom is -0.481 e. The molecule has 0 unspecified atom stereocenters. The van der Waals surface area contributed by atoms with Gasteiger partial charge in [0.1, 0.15) is 0 Å². The zero-order chi connectivity index (χ0) is 13.8. The van der Waals surface area contributed by atoms with E-state index in [1.165, 1.54) is 19.2 Å². The molecule has 1 aromatic rings. The van der Waals surface area contributed by atoms with Gasteiger partial charge in [-0.2, -0.15) is 4.98 Å². The van der Waals surface area contributed by atoms with Crippen molar-refractivity contribution >= 4 is 11.5 Å². The number of aromatic nitrogens is 1. The molecule has 100 valence electrons. The van der Waals surface area contributed by atoms with E-state index in [4.69, 9.17) is 4.74 Å². The lowest BCUT2D eigenvalue weighted by Crippen LogP contribution is -2.22. The normalized spacial score (nSPS) is 11.1. The average Bonchev–Trinajstić information content (AvgIpc) is 2.36. The second-order valence-electron chi connectivity index (χ2n) is 4.85. The fourth-order valence-corrected chi connectivity index (χ4v) is 1.27. The van der Waals surface area contributed by atoms with Crippen molar-refractivity contribution in [1.82, 2.24) is 4.98 Å². The lowest BCUT2D eigenvalue weighted by molar-refractivity contribution is -0.384. The highest BCUT2D eigenvalue weighted by Gasteiger charge is 2.20. The quantitative estimate of drug-likeness (QED) is 0.623. The molecule has 0 aliphatic carbocycles. The van der Waals surface area contributed by atoms with Crippen LogP contribution < -0.4 is 10.1 Å². The zero-order valence-electron chi connectivity index (χ0n) is 11.2. The van der Waals surface area contributed by atoms with Gasteiger partial charge in [-0.25, -0.2) is 0 Å². The molecule has 0 saturated heterocycles. The molecule has 18 heavy (non-hydrogen) atoms. The molecule has 1 rings (SSSR count). The van der Waals surface area contributed by atoms with Gasteiger partial charge >= 0.3 is 5.69 Å². The molecular weight excluding hydrogens is 234 g/mol. The smallest absolute Gasteiger partial charge is 0.311 e. The fraction of sp³-hybridized carbons (Fsp3) is 0.583. The Bertz CT molecular complexity index is 433. The minimum atomic E-state index is -0.451. The first-order valence-electron chi connectivity index (χ1n) is 5.83. The van der Waals surface area contributed by atoms with Gasteiger partial charge in [-0.05, 0) is 11.8 Å². The molecule has 1 heterocycles. The first-order valence-corrected chi connectivity index (χ1v) is 5.83. The van der Waals surface area contributed by atoms with Crippen LogP contribution in [0.2, 0.25) is 0 Å². The highest BCUT2D eigenvalue weighted by molar-refractivity contribution is 5.57. The molecule has 0 aromatic carbocycles. The molecule has 6 nitrogen and oxygen atoms in total.